The van der Waals surface area contributed by atoms with Crippen molar-refractivity contribution in [2.75, 3.05) is 6.26 Å². The number of nitrogens with one attached hydrogen (secondary N) is 1. The second-order valence-electron chi connectivity index (χ2n) is 4.62. The summed E-state index contributed by atoms with van der Waals surface area (Å²) in [5.41, 5.74) is 8.55. The number of ether oxygens (including phenoxy) is 1. The Morgan fingerprint density at radius 1 is 1.15 bits per heavy atom. The van der Waals surface area contributed by atoms with Crippen LogP contribution in [-0.4, -0.2) is 12.1 Å². The molecule has 2 aromatic carbocycles. The molecule has 0 amide bonds. The third-order valence-electron chi connectivity index (χ3n) is 3.04. The third-order valence-corrected chi connectivity index (χ3v) is 3.82. The van der Waals surface area contributed by atoms with Crippen LogP contribution < -0.4 is 10.5 Å². The van der Waals surface area contributed by atoms with E-state index in [2.05, 4.69) is 0 Å². The maximum absolute atomic E-state index is 7.77. The lowest BCUT2D eigenvalue weighted by molar-refractivity contribution is 0.476. The number of thioether (sulfide) groups is 1. The zero-order valence-corrected chi connectivity index (χ0v) is 12.7. The zero-order valence-electron chi connectivity index (χ0n) is 11.9. The minimum Gasteiger partial charge on any atom is -0.456 e. The first kappa shape index (κ1) is 14.5. The number of nitrogens with two attached hydrogens (primary N) is 1. The minimum absolute atomic E-state index is 0.0234. The van der Waals surface area contributed by atoms with Crippen molar-refractivity contribution in [2.45, 2.75) is 18.7 Å². The summed E-state index contributed by atoms with van der Waals surface area (Å²) in [7, 11) is 0. The van der Waals surface area contributed by atoms with Gasteiger partial charge in [0.25, 0.3) is 0 Å². The summed E-state index contributed by atoms with van der Waals surface area (Å²) in [4.78, 5) is 0.945. The summed E-state index contributed by atoms with van der Waals surface area (Å²) in [5, 5.41) is 7.77. The molecular weight excluding hydrogens is 268 g/mol. The van der Waals surface area contributed by atoms with Crippen molar-refractivity contribution in [3.63, 3.8) is 0 Å². The topological polar surface area (TPSA) is 59.1 Å². The first-order chi connectivity index (χ1) is 9.52. The zero-order chi connectivity index (χ0) is 14.7. The summed E-state index contributed by atoms with van der Waals surface area (Å²) < 4.78 is 5.99. The average Bonchev–Trinajstić information content (AvgIpc) is 2.42. The molecule has 2 aromatic rings. The molecule has 0 aliphatic carbocycles. The van der Waals surface area contributed by atoms with E-state index in [4.69, 9.17) is 15.9 Å². The highest BCUT2D eigenvalue weighted by molar-refractivity contribution is 7.98. The maximum atomic E-state index is 7.77. The molecule has 3 N–H and O–H groups in total. The molecule has 4 heteroatoms. The predicted molar refractivity (Wildman–Crippen MR) is 85.2 cm³/mol. The SMILES string of the molecule is CSc1cccc(Oc2cc(C)ccc2C)c1C(=N)N. The largest absolute Gasteiger partial charge is 0.456 e. The van der Waals surface area contributed by atoms with Gasteiger partial charge in [-0.3, -0.25) is 5.41 Å². The van der Waals surface area contributed by atoms with Gasteiger partial charge in [-0.05, 0) is 49.4 Å². The van der Waals surface area contributed by atoms with Gasteiger partial charge in [0, 0.05) is 4.90 Å². The molecule has 0 aliphatic heterocycles. The molecule has 0 radical (unpaired) electrons. The van der Waals surface area contributed by atoms with E-state index >= 15 is 0 Å². The Bertz CT molecular complexity index is 653. The van der Waals surface area contributed by atoms with E-state index < -0.39 is 0 Å². The van der Waals surface area contributed by atoms with E-state index in [9.17, 15) is 0 Å². The van der Waals surface area contributed by atoms with Gasteiger partial charge in [-0.25, -0.2) is 0 Å². The van der Waals surface area contributed by atoms with Gasteiger partial charge in [0.1, 0.15) is 17.3 Å². The van der Waals surface area contributed by atoms with Crippen molar-refractivity contribution in [2.24, 2.45) is 5.73 Å². The lowest BCUT2D eigenvalue weighted by atomic mass is 10.1. The van der Waals surface area contributed by atoms with Crippen molar-refractivity contribution in [1.82, 2.24) is 0 Å². The van der Waals surface area contributed by atoms with Crippen LogP contribution in [0.25, 0.3) is 0 Å². The molecule has 0 unspecified atom stereocenters. The highest BCUT2D eigenvalue weighted by Gasteiger charge is 2.13. The number of amidine groups is 1. The normalized spacial score (nSPS) is 10.3. The van der Waals surface area contributed by atoms with Crippen LogP contribution >= 0.6 is 11.8 Å². The Morgan fingerprint density at radius 3 is 2.55 bits per heavy atom. The van der Waals surface area contributed by atoms with E-state index in [1.165, 1.54) is 0 Å². The Balaban J connectivity index is 2.48. The molecule has 0 atom stereocenters. The van der Waals surface area contributed by atoms with E-state index in [0.717, 1.165) is 21.8 Å². The van der Waals surface area contributed by atoms with Crippen LogP contribution in [0.5, 0.6) is 11.5 Å². The molecule has 2 rings (SSSR count). The average molecular weight is 286 g/mol. The van der Waals surface area contributed by atoms with Crippen LogP contribution in [-0.2, 0) is 0 Å². The molecule has 20 heavy (non-hydrogen) atoms. The van der Waals surface area contributed by atoms with Gasteiger partial charge in [-0.2, -0.15) is 0 Å². The van der Waals surface area contributed by atoms with Gasteiger partial charge >= 0.3 is 0 Å². The quantitative estimate of drug-likeness (QED) is 0.505. The van der Waals surface area contributed by atoms with E-state index in [1.54, 1.807) is 11.8 Å². The van der Waals surface area contributed by atoms with Gasteiger partial charge in [-0.15, -0.1) is 11.8 Å². The summed E-state index contributed by atoms with van der Waals surface area (Å²) in [6.45, 7) is 4.02. The fraction of sp³-hybridized carbons (Fsp3) is 0.188. The molecule has 0 spiro atoms. The van der Waals surface area contributed by atoms with Crippen molar-refractivity contribution >= 4 is 17.6 Å². The predicted octanol–water partition coefficient (Wildman–Crippen LogP) is 4.10. The fourth-order valence-electron chi connectivity index (χ4n) is 1.97. The van der Waals surface area contributed by atoms with Crippen LogP contribution in [0, 0.1) is 19.3 Å². The van der Waals surface area contributed by atoms with Crippen LogP contribution in [0.1, 0.15) is 16.7 Å². The van der Waals surface area contributed by atoms with Crippen LogP contribution in [0.3, 0.4) is 0 Å². The molecule has 104 valence electrons. The van der Waals surface area contributed by atoms with Crippen molar-refractivity contribution in [3.8, 4) is 11.5 Å². The number of aryl methyl sites for hydroxylation is 2. The molecular formula is C16H18N2OS. The summed E-state index contributed by atoms with van der Waals surface area (Å²) >= 11 is 1.55. The number of hydrogen-bond donors (Lipinski definition) is 2. The Morgan fingerprint density at radius 2 is 1.90 bits per heavy atom. The van der Waals surface area contributed by atoms with Crippen LogP contribution in [0.2, 0.25) is 0 Å². The minimum atomic E-state index is 0.0234. The van der Waals surface area contributed by atoms with E-state index in [1.807, 2.05) is 56.5 Å². The van der Waals surface area contributed by atoms with Gasteiger partial charge < -0.3 is 10.5 Å². The van der Waals surface area contributed by atoms with Gasteiger partial charge in [0.2, 0.25) is 0 Å². The number of nitrogen functional groups attached to an aromatic ring is 1. The van der Waals surface area contributed by atoms with Crippen molar-refractivity contribution < 1.29 is 4.74 Å². The summed E-state index contributed by atoms with van der Waals surface area (Å²) in [5.74, 6) is 1.44. The van der Waals surface area contributed by atoms with Crippen molar-refractivity contribution in [1.29, 1.82) is 5.41 Å². The standard InChI is InChI=1S/C16H18N2OS/c1-10-7-8-11(2)13(9-10)19-12-5-4-6-14(20-3)15(12)16(17)18/h4-9H,1-3H3,(H3,17,18). The number of hydrogen-bond acceptors (Lipinski definition) is 3. The lowest BCUT2D eigenvalue weighted by Gasteiger charge is -2.15. The van der Waals surface area contributed by atoms with Crippen LogP contribution in [0.4, 0.5) is 0 Å². The first-order valence-corrected chi connectivity index (χ1v) is 7.52. The smallest absolute Gasteiger partial charge is 0.139 e. The second kappa shape index (κ2) is 6.01. The van der Waals surface area contributed by atoms with Crippen molar-refractivity contribution in [3.05, 3.63) is 53.1 Å². The van der Waals surface area contributed by atoms with E-state index in [0.29, 0.717) is 11.3 Å². The van der Waals surface area contributed by atoms with Gasteiger partial charge in [0.05, 0.1) is 5.56 Å². The summed E-state index contributed by atoms with van der Waals surface area (Å²) in [6, 6.07) is 11.8. The molecule has 3 nitrogen and oxygen atoms in total. The Hall–Kier alpha value is -1.94. The monoisotopic (exact) mass is 286 g/mol. The highest BCUT2D eigenvalue weighted by Crippen LogP contribution is 2.33. The molecule has 0 aliphatic rings. The second-order valence-corrected chi connectivity index (χ2v) is 5.47. The molecule has 0 saturated carbocycles. The molecule has 0 heterocycles. The van der Waals surface area contributed by atoms with E-state index in [-0.39, 0.29) is 5.84 Å². The van der Waals surface area contributed by atoms with Crippen LogP contribution in [0.15, 0.2) is 41.3 Å². The highest BCUT2D eigenvalue weighted by atomic mass is 32.2. The lowest BCUT2D eigenvalue weighted by Crippen LogP contribution is -2.13. The molecule has 0 saturated heterocycles. The Labute approximate surface area is 123 Å². The van der Waals surface area contributed by atoms with Gasteiger partial charge in [-0.1, -0.05) is 18.2 Å². The van der Waals surface area contributed by atoms with Gasteiger partial charge in [0.15, 0.2) is 0 Å². The molecule has 0 fully saturated rings. The Kier molecular flexibility index (Phi) is 4.35. The summed E-state index contributed by atoms with van der Waals surface area (Å²) in [6.07, 6.45) is 1.96. The number of benzene rings is 2. The third kappa shape index (κ3) is 2.96. The fourth-order valence-corrected chi connectivity index (χ4v) is 2.60. The molecule has 0 bridgehead atoms. The maximum Gasteiger partial charge on any atom is 0.139 e. The number of rotatable bonds is 4. The first-order valence-electron chi connectivity index (χ1n) is 6.29. The molecule has 0 aromatic heterocycles.